The van der Waals surface area contributed by atoms with Crippen molar-refractivity contribution in [2.75, 3.05) is 0 Å². The number of phenols is 1. The smallest absolute Gasteiger partial charge is 0.121 e. The summed E-state index contributed by atoms with van der Waals surface area (Å²) in [5.74, 6) is 0.287. The van der Waals surface area contributed by atoms with Gasteiger partial charge in [0.1, 0.15) is 5.75 Å². The summed E-state index contributed by atoms with van der Waals surface area (Å²) in [7, 11) is 0. The van der Waals surface area contributed by atoms with E-state index in [1.165, 1.54) is 0 Å². The molecule has 0 radical (unpaired) electrons. The molecule has 4 heteroatoms. The molecule has 0 aliphatic heterocycles. The van der Waals surface area contributed by atoms with Crippen molar-refractivity contribution < 1.29 is 5.11 Å². The highest BCUT2D eigenvalue weighted by Crippen LogP contribution is 2.42. The van der Waals surface area contributed by atoms with Crippen LogP contribution in [0.5, 0.6) is 5.75 Å². The van der Waals surface area contributed by atoms with Crippen molar-refractivity contribution in [1.82, 2.24) is 0 Å². The molecule has 0 atom stereocenters. The lowest BCUT2D eigenvalue weighted by atomic mass is 9.89. The van der Waals surface area contributed by atoms with Gasteiger partial charge >= 0.3 is 0 Å². The van der Waals surface area contributed by atoms with Crippen LogP contribution in [-0.4, -0.2) is 5.11 Å². The third-order valence-electron chi connectivity index (χ3n) is 3.07. The standard InChI is InChI=1S/C11H13Br2NO/c12-8-5-7(10(15)6-9(8)13)11(14)3-1-2-4-11/h5-6,15H,1-4,14H2. The lowest BCUT2D eigenvalue weighted by Crippen LogP contribution is -2.33. The SMILES string of the molecule is NC1(c2cc(Br)c(Br)cc2O)CCCC1. The van der Waals surface area contributed by atoms with Crippen LogP contribution in [0.2, 0.25) is 0 Å². The van der Waals surface area contributed by atoms with Crippen molar-refractivity contribution in [3.8, 4) is 5.75 Å². The summed E-state index contributed by atoms with van der Waals surface area (Å²) < 4.78 is 1.79. The molecule has 2 rings (SSSR count). The highest BCUT2D eigenvalue weighted by molar-refractivity contribution is 9.13. The maximum Gasteiger partial charge on any atom is 0.121 e. The second-order valence-electron chi connectivity index (χ2n) is 4.15. The van der Waals surface area contributed by atoms with Crippen molar-refractivity contribution in [3.63, 3.8) is 0 Å². The molecule has 0 heterocycles. The average molecular weight is 335 g/mol. The maximum atomic E-state index is 9.91. The van der Waals surface area contributed by atoms with Crippen LogP contribution in [0.15, 0.2) is 21.1 Å². The summed E-state index contributed by atoms with van der Waals surface area (Å²) in [4.78, 5) is 0. The van der Waals surface area contributed by atoms with Gasteiger partial charge in [0.15, 0.2) is 0 Å². The molecule has 1 aromatic rings. The largest absolute Gasteiger partial charge is 0.508 e. The van der Waals surface area contributed by atoms with Gasteiger partial charge in [-0.05, 0) is 56.8 Å². The normalized spacial score (nSPS) is 19.4. The van der Waals surface area contributed by atoms with Gasteiger partial charge in [-0.2, -0.15) is 0 Å². The van der Waals surface area contributed by atoms with E-state index in [0.29, 0.717) is 0 Å². The van der Waals surface area contributed by atoms with Gasteiger partial charge in [-0.15, -0.1) is 0 Å². The van der Waals surface area contributed by atoms with E-state index < -0.39 is 0 Å². The fourth-order valence-corrected chi connectivity index (χ4v) is 2.89. The Labute approximate surface area is 106 Å². The van der Waals surface area contributed by atoms with Gasteiger partial charge in [0.25, 0.3) is 0 Å². The summed E-state index contributed by atoms with van der Waals surface area (Å²) in [6.07, 6.45) is 4.19. The zero-order chi connectivity index (χ0) is 11.1. The van der Waals surface area contributed by atoms with Crippen LogP contribution in [0, 0.1) is 0 Å². The Morgan fingerprint density at radius 1 is 1.13 bits per heavy atom. The molecule has 0 aromatic heterocycles. The van der Waals surface area contributed by atoms with E-state index in [9.17, 15) is 5.11 Å². The Morgan fingerprint density at radius 2 is 1.67 bits per heavy atom. The number of aromatic hydroxyl groups is 1. The minimum atomic E-state index is -0.340. The van der Waals surface area contributed by atoms with E-state index in [1.807, 2.05) is 6.07 Å². The number of rotatable bonds is 1. The molecule has 1 fully saturated rings. The molecule has 0 amide bonds. The van der Waals surface area contributed by atoms with Crippen molar-refractivity contribution in [1.29, 1.82) is 0 Å². The molecule has 1 aromatic carbocycles. The van der Waals surface area contributed by atoms with E-state index >= 15 is 0 Å². The quantitative estimate of drug-likeness (QED) is 0.823. The molecular weight excluding hydrogens is 322 g/mol. The fourth-order valence-electron chi connectivity index (χ4n) is 2.21. The van der Waals surface area contributed by atoms with Crippen LogP contribution in [-0.2, 0) is 5.54 Å². The lowest BCUT2D eigenvalue weighted by Gasteiger charge is -2.25. The van der Waals surface area contributed by atoms with E-state index in [1.54, 1.807) is 6.07 Å². The third-order valence-corrected chi connectivity index (χ3v) is 4.92. The Bertz CT molecular complexity index is 386. The number of nitrogens with two attached hydrogens (primary N) is 1. The zero-order valence-corrected chi connectivity index (χ0v) is 11.4. The van der Waals surface area contributed by atoms with Crippen LogP contribution in [0.1, 0.15) is 31.2 Å². The van der Waals surface area contributed by atoms with Crippen LogP contribution in [0.4, 0.5) is 0 Å². The Morgan fingerprint density at radius 3 is 2.27 bits per heavy atom. The average Bonchev–Trinajstić information content (AvgIpc) is 2.60. The van der Waals surface area contributed by atoms with Gasteiger partial charge in [0, 0.05) is 20.0 Å². The Hall–Kier alpha value is -0.0600. The van der Waals surface area contributed by atoms with Crippen molar-refractivity contribution in [2.24, 2.45) is 5.73 Å². The van der Waals surface area contributed by atoms with Gasteiger partial charge in [-0.3, -0.25) is 0 Å². The molecule has 0 unspecified atom stereocenters. The maximum absolute atomic E-state index is 9.91. The first-order valence-corrected chi connectivity index (χ1v) is 6.59. The third kappa shape index (κ3) is 2.08. The molecule has 0 saturated heterocycles. The van der Waals surface area contributed by atoms with Gasteiger partial charge in [-0.1, -0.05) is 12.8 Å². The second-order valence-corrected chi connectivity index (χ2v) is 5.86. The monoisotopic (exact) mass is 333 g/mol. The summed E-state index contributed by atoms with van der Waals surface area (Å²) in [6, 6.07) is 3.62. The first kappa shape index (κ1) is 11.4. The Kier molecular flexibility index (Phi) is 3.10. The molecule has 1 aliphatic carbocycles. The van der Waals surface area contributed by atoms with Crippen LogP contribution < -0.4 is 5.73 Å². The van der Waals surface area contributed by atoms with Crippen LogP contribution in [0.3, 0.4) is 0 Å². The van der Waals surface area contributed by atoms with E-state index in [-0.39, 0.29) is 11.3 Å². The zero-order valence-electron chi connectivity index (χ0n) is 8.26. The molecule has 82 valence electrons. The number of hydrogen-bond donors (Lipinski definition) is 2. The summed E-state index contributed by atoms with van der Waals surface area (Å²) in [5, 5.41) is 9.91. The van der Waals surface area contributed by atoms with Gasteiger partial charge in [-0.25, -0.2) is 0 Å². The second kappa shape index (κ2) is 4.07. The van der Waals surface area contributed by atoms with Gasteiger partial charge in [0.05, 0.1) is 0 Å². The molecular formula is C11H13Br2NO. The van der Waals surface area contributed by atoms with Crippen molar-refractivity contribution in [3.05, 3.63) is 26.6 Å². The molecule has 0 bridgehead atoms. The number of halogens is 2. The molecule has 15 heavy (non-hydrogen) atoms. The topological polar surface area (TPSA) is 46.2 Å². The number of phenolic OH excluding ortho intramolecular Hbond substituents is 1. The Balaban J connectivity index is 2.48. The van der Waals surface area contributed by atoms with E-state index in [2.05, 4.69) is 31.9 Å². The molecule has 0 spiro atoms. The summed E-state index contributed by atoms with van der Waals surface area (Å²) in [6.45, 7) is 0. The fraction of sp³-hybridized carbons (Fsp3) is 0.455. The number of hydrogen-bond acceptors (Lipinski definition) is 2. The van der Waals surface area contributed by atoms with E-state index in [0.717, 1.165) is 40.2 Å². The minimum Gasteiger partial charge on any atom is -0.508 e. The predicted molar refractivity (Wildman–Crippen MR) is 67.8 cm³/mol. The highest BCUT2D eigenvalue weighted by Gasteiger charge is 2.33. The lowest BCUT2D eigenvalue weighted by molar-refractivity contribution is 0.409. The van der Waals surface area contributed by atoms with Crippen LogP contribution >= 0.6 is 31.9 Å². The molecule has 1 aliphatic rings. The summed E-state index contributed by atoms with van der Waals surface area (Å²) >= 11 is 6.80. The van der Waals surface area contributed by atoms with Crippen molar-refractivity contribution >= 4 is 31.9 Å². The first-order valence-electron chi connectivity index (χ1n) is 5.00. The summed E-state index contributed by atoms with van der Waals surface area (Å²) in [5.41, 5.74) is 6.82. The van der Waals surface area contributed by atoms with E-state index in [4.69, 9.17) is 5.73 Å². The molecule has 1 saturated carbocycles. The van der Waals surface area contributed by atoms with Gasteiger partial charge in [0.2, 0.25) is 0 Å². The van der Waals surface area contributed by atoms with Gasteiger partial charge < -0.3 is 10.8 Å². The predicted octanol–water partition coefficient (Wildman–Crippen LogP) is 3.65. The highest BCUT2D eigenvalue weighted by atomic mass is 79.9. The van der Waals surface area contributed by atoms with Crippen molar-refractivity contribution in [2.45, 2.75) is 31.2 Å². The molecule has 3 N–H and O–H groups in total. The minimum absolute atomic E-state index is 0.287. The molecule has 2 nitrogen and oxygen atoms in total. The first-order chi connectivity index (χ1) is 7.03. The number of benzene rings is 1. The van der Waals surface area contributed by atoms with Crippen LogP contribution in [0.25, 0.3) is 0 Å².